The minimum absolute atomic E-state index is 0.241. The highest BCUT2D eigenvalue weighted by molar-refractivity contribution is 7.14. The number of nitrogens with zero attached hydrogens (tertiary/aromatic N) is 2. The molecule has 3 nitrogen and oxygen atoms in total. The Hall–Kier alpha value is -1.40. The molecule has 6 heteroatoms. The second-order valence-electron chi connectivity index (χ2n) is 3.36. The van der Waals surface area contributed by atoms with Gasteiger partial charge in [0.1, 0.15) is 16.6 Å². The standard InChI is InChI=1S/C10H9F2N3S/c1-5(13)9-14-15-10(16-9)7-3-2-6(11)4-8(7)12/h2-5H,13H2,1H3. The summed E-state index contributed by atoms with van der Waals surface area (Å²) in [7, 11) is 0. The molecule has 0 aliphatic carbocycles. The van der Waals surface area contributed by atoms with Gasteiger partial charge in [0.15, 0.2) is 5.01 Å². The Morgan fingerprint density at radius 3 is 2.62 bits per heavy atom. The van der Waals surface area contributed by atoms with E-state index >= 15 is 0 Å². The van der Waals surface area contributed by atoms with Gasteiger partial charge in [0.05, 0.1) is 6.04 Å². The van der Waals surface area contributed by atoms with Crippen LogP contribution < -0.4 is 5.73 Å². The fourth-order valence-corrected chi connectivity index (χ4v) is 2.01. The fraction of sp³-hybridized carbons (Fsp3) is 0.200. The first kappa shape index (κ1) is 11.1. The molecule has 2 rings (SSSR count). The van der Waals surface area contributed by atoms with E-state index in [1.165, 1.54) is 23.5 Å². The van der Waals surface area contributed by atoms with Gasteiger partial charge in [-0.1, -0.05) is 11.3 Å². The van der Waals surface area contributed by atoms with Crippen molar-refractivity contribution in [3.63, 3.8) is 0 Å². The minimum Gasteiger partial charge on any atom is -0.322 e. The fourth-order valence-electron chi connectivity index (χ4n) is 1.19. The van der Waals surface area contributed by atoms with E-state index in [2.05, 4.69) is 10.2 Å². The van der Waals surface area contributed by atoms with Crippen LogP contribution in [-0.4, -0.2) is 10.2 Å². The summed E-state index contributed by atoms with van der Waals surface area (Å²) in [5.41, 5.74) is 5.86. The topological polar surface area (TPSA) is 51.8 Å². The zero-order valence-corrected chi connectivity index (χ0v) is 9.26. The Morgan fingerprint density at radius 2 is 2.06 bits per heavy atom. The first-order valence-electron chi connectivity index (χ1n) is 4.62. The van der Waals surface area contributed by atoms with Crippen LogP contribution >= 0.6 is 11.3 Å². The molecule has 0 spiro atoms. The van der Waals surface area contributed by atoms with Gasteiger partial charge >= 0.3 is 0 Å². The minimum atomic E-state index is -0.646. The molecule has 1 atom stereocenters. The molecular formula is C10H9F2N3S. The molecule has 1 heterocycles. The van der Waals surface area contributed by atoms with Gasteiger partial charge in [-0.25, -0.2) is 8.78 Å². The second kappa shape index (κ2) is 4.23. The molecule has 0 fully saturated rings. The zero-order chi connectivity index (χ0) is 11.7. The molecule has 0 aliphatic heterocycles. The zero-order valence-electron chi connectivity index (χ0n) is 8.45. The van der Waals surface area contributed by atoms with Crippen LogP contribution in [0.2, 0.25) is 0 Å². The molecule has 0 aliphatic rings. The number of hydrogen-bond acceptors (Lipinski definition) is 4. The van der Waals surface area contributed by atoms with Crippen molar-refractivity contribution in [3.05, 3.63) is 34.8 Å². The molecule has 1 aromatic heterocycles. The van der Waals surface area contributed by atoms with E-state index in [9.17, 15) is 8.78 Å². The molecule has 0 saturated carbocycles. The number of halogens is 2. The summed E-state index contributed by atoms with van der Waals surface area (Å²) in [4.78, 5) is 0. The first-order chi connectivity index (χ1) is 7.58. The number of hydrogen-bond donors (Lipinski definition) is 1. The first-order valence-corrected chi connectivity index (χ1v) is 5.44. The van der Waals surface area contributed by atoms with Crippen LogP contribution in [0.25, 0.3) is 10.6 Å². The van der Waals surface area contributed by atoms with E-state index in [0.717, 1.165) is 6.07 Å². The van der Waals surface area contributed by atoms with Gasteiger partial charge in [0, 0.05) is 11.6 Å². The van der Waals surface area contributed by atoms with E-state index in [-0.39, 0.29) is 11.6 Å². The van der Waals surface area contributed by atoms with Crippen LogP contribution in [0.5, 0.6) is 0 Å². The van der Waals surface area contributed by atoms with Gasteiger partial charge in [-0.3, -0.25) is 0 Å². The molecule has 1 aromatic carbocycles. The lowest BCUT2D eigenvalue weighted by atomic mass is 10.2. The molecule has 84 valence electrons. The van der Waals surface area contributed by atoms with Gasteiger partial charge in [-0.05, 0) is 19.1 Å². The maximum Gasteiger partial charge on any atom is 0.150 e. The van der Waals surface area contributed by atoms with Crippen molar-refractivity contribution in [2.75, 3.05) is 0 Å². The highest BCUT2D eigenvalue weighted by Gasteiger charge is 2.13. The Labute approximate surface area is 94.9 Å². The molecule has 2 aromatic rings. The number of benzene rings is 1. The highest BCUT2D eigenvalue weighted by Crippen LogP contribution is 2.28. The van der Waals surface area contributed by atoms with Gasteiger partial charge < -0.3 is 5.73 Å². The summed E-state index contributed by atoms with van der Waals surface area (Å²) in [6.07, 6.45) is 0. The Balaban J connectivity index is 2.42. The van der Waals surface area contributed by atoms with Gasteiger partial charge in [0.2, 0.25) is 0 Å². The van der Waals surface area contributed by atoms with Crippen LogP contribution in [-0.2, 0) is 0 Å². The molecule has 0 radical (unpaired) electrons. The van der Waals surface area contributed by atoms with Crippen LogP contribution in [0, 0.1) is 11.6 Å². The average Bonchev–Trinajstić information content (AvgIpc) is 2.66. The maximum absolute atomic E-state index is 13.4. The maximum atomic E-state index is 13.4. The largest absolute Gasteiger partial charge is 0.322 e. The van der Waals surface area contributed by atoms with E-state index < -0.39 is 11.6 Å². The van der Waals surface area contributed by atoms with Crippen LogP contribution in [0.1, 0.15) is 18.0 Å². The van der Waals surface area contributed by atoms with Crippen molar-refractivity contribution in [1.29, 1.82) is 0 Å². The molecule has 0 amide bonds. The summed E-state index contributed by atoms with van der Waals surface area (Å²) in [6, 6.07) is 3.11. The van der Waals surface area contributed by atoms with E-state index in [4.69, 9.17) is 5.73 Å². The number of rotatable bonds is 2. The van der Waals surface area contributed by atoms with E-state index in [0.29, 0.717) is 10.0 Å². The Morgan fingerprint density at radius 1 is 1.31 bits per heavy atom. The predicted molar refractivity (Wildman–Crippen MR) is 57.9 cm³/mol. The number of aromatic nitrogens is 2. The third-order valence-electron chi connectivity index (χ3n) is 1.99. The smallest absolute Gasteiger partial charge is 0.150 e. The van der Waals surface area contributed by atoms with Crippen molar-refractivity contribution in [2.45, 2.75) is 13.0 Å². The average molecular weight is 241 g/mol. The van der Waals surface area contributed by atoms with Crippen molar-refractivity contribution in [3.8, 4) is 10.6 Å². The Kier molecular flexibility index (Phi) is 2.93. The quantitative estimate of drug-likeness (QED) is 0.878. The monoisotopic (exact) mass is 241 g/mol. The van der Waals surface area contributed by atoms with Gasteiger partial charge in [-0.15, -0.1) is 10.2 Å². The molecule has 16 heavy (non-hydrogen) atoms. The van der Waals surface area contributed by atoms with Crippen LogP contribution in [0.3, 0.4) is 0 Å². The highest BCUT2D eigenvalue weighted by atomic mass is 32.1. The predicted octanol–water partition coefficient (Wildman–Crippen LogP) is 2.50. The molecule has 0 bridgehead atoms. The summed E-state index contributed by atoms with van der Waals surface area (Å²) >= 11 is 1.20. The number of nitrogens with two attached hydrogens (primary N) is 1. The third kappa shape index (κ3) is 2.07. The van der Waals surface area contributed by atoms with Crippen LogP contribution in [0.15, 0.2) is 18.2 Å². The summed E-state index contributed by atoms with van der Waals surface area (Å²) in [5.74, 6) is -1.26. The van der Waals surface area contributed by atoms with Crippen molar-refractivity contribution < 1.29 is 8.78 Å². The van der Waals surface area contributed by atoms with Gasteiger partial charge in [-0.2, -0.15) is 0 Å². The lowest BCUT2D eigenvalue weighted by Crippen LogP contribution is -2.03. The Bertz CT molecular complexity index is 511. The lowest BCUT2D eigenvalue weighted by Gasteiger charge is -1.98. The van der Waals surface area contributed by atoms with E-state index in [1.807, 2.05) is 0 Å². The van der Waals surface area contributed by atoms with E-state index in [1.54, 1.807) is 6.92 Å². The van der Waals surface area contributed by atoms with Crippen molar-refractivity contribution >= 4 is 11.3 Å². The third-order valence-corrected chi connectivity index (χ3v) is 3.15. The van der Waals surface area contributed by atoms with Crippen LogP contribution in [0.4, 0.5) is 8.78 Å². The summed E-state index contributed by atoms with van der Waals surface area (Å²) < 4.78 is 26.1. The molecule has 1 unspecified atom stereocenters. The van der Waals surface area contributed by atoms with Gasteiger partial charge in [0.25, 0.3) is 0 Å². The molecular weight excluding hydrogens is 232 g/mol. The van der Waals surface area contributed by atoms with Crippen molar-refractivity contribution in [1.82, 2.24) is 10.2 Å². The normalized spacial score (nSPS) is 12.8. The van der Waals surface area contributed by atoms with Crippen molar-refractivity contribution in [2.24, 2.45) is 5.73 Å². The SMILES string of the molecule is CC(N)c1nnc(-c2ccc(F)cc2F)s1. The second-order valence-corrected chi connectivity index (χ2v) is 4.37. The molecule has 0 saturated heterocycles. The molecule has 2 N–H and O–H groups in total. The lowest BCUT2D eigenvalue weighted by molar-refractivity contribution is 0.585. The summed E-state index contributed by atoms with van der Waals surface area (Å²) in [5, 5.41) is 8.69. The summed E-state index contributed by atoms with van der Waals surface area (Å²) in [6.45, 7) is 1.77.